The molecule has 0 spiro atoms. The number of hydrogen-bond acceptors (Lipinski definition) is 4. The van der Waals surface area contributed by atoms with Gasteiger partial charge >= 0.3 is 0 Å². The maximum Gasteiger partial charge on any atom is 0.243 e. The van der Waals surface area contributed by atoms with Crippen LogP contribution in [0.25, 0.3) is 0 Å². The second kappa shape index (κ2) is 10.1. The number of carbonyl (C=O) groups is 2. The molecule has 0 radical (unpaired) electrons. The highest BCUT2D eigenvalue weighted by atomic mass is 16.5. The maximum atomic E-state index is 12.1. The summed E-state index contributed by atoms with van der Waals surface area (Å²) in [6.07, 6.45) is 1.35. The van der Waals surface area contributed by atoms with Gasteiger partial charge in [0.1, 0.15) is 5.75 Å². The molecule has 0 fully saturated rings. The molecule has 6 heteroatoms. The van der Waals surface area contributed by atoms with Crippen molar-refractivity contribution in [3.8, 4) is 5.75 Å². The quantitative estimate of drug-likeness (QED) is 0.638. The highest BCUT2D eigenvalue weighted by Crippen LogP contribution is 2.18. The Labute approximate surface area is 153 Å². The fourth-order valence-corrected chi connectivity index (χ4v) is 2.23. The van der Waals surface area contributed by atoms with Crippen molar-refractivity contribution in [3.63, 3.8) is 0 Å². The summed E-state index contributed by atoms with van der Waals surface area (Å²) in [7, 11) is 0. The zero-order valence-electron chi connectivity index (χ0n) is 15.2. The molecule has 2 aromatic carbocycles. The van der Waals surface area contributed by atoms with Crippen molar-refractivity contribution in [1.29, 1.82) is 0 Å². The predicted octanol–water partition coefficient (Wildman–Crippen LogP) is 3.87. The summed E-state index contributed by atoms with van der Waals surface area (Å²) in [4.78, 5) is 23.6. The largest absolute Gasteiger partial charge is 0.494 e. The van der Waals surface area contributed by atoms with E-state index in [4.69, 9.17) is 4.74 Å². The Morgan fingerprint density at radius 1 is 0.885 bits per heavy atom. The molecule has 0 atom stereocenters. The fourth-order valence-electron chi connectivity index (χ4n) is 2.23. The number of rotatable bonds is 9. The van der Waals surface area contributed by atoms with Gasteiger partial charge in [-0.05, 0) is 36.8 Å². The summed E-state index contributed by atoms with van der Waals surface area (Å²) in [5.74, 6) is 0.529. The smallest absolute Gasteiger partial charge is 0.243 e. The summed E-state index contributed by atoms with van der Waals surface area (Å²) < 4.78 is 5.58. The lowest BCUT2D eigenvalue weighted by molar-refractivity contribution is -0.116. The van der Waals surface area contributed by atoms with Crippen LogP contribution in [0.1, 0.15) is 26.7 Å². The molecule has 26 heavy (non-hydrogen) atoms. The number of ether oxygens (including phenoxy) is 1. The van der Waals surface area contributed by atoms with Crippen molar-refractivity contribution in [2.24, 2.45) is 0 Å². The van der Waals surface area contributed by atoms with E-state index in [1.54, 1.807) is 31.2 Å². The van der Waals surface area contributed by atoms with Gasteiger partial charge in [-0.2, -0.15) is 0 Å². The first-order chi connectivity index (χ1) is 12.6. The third-order valence-electron chi connectivity index (χ3n) is 3.51. The monoisotopic (exact) mass is 355 g/mol. The third-order valence-corrected chi connectivity index (χ3v) is 3.51. The number of amides is 2. The first-order valence-electron chi connectivity index (χ1n) is 8.77. The molecule has 6 nitrogen and oxygen atoms in total. The Hall–Kier alpha value is -3.02. The molecule has 3 N–H and O–H groups in total. The SMILES string of the molecule is CCCOc1cccc(NCC(=O)Nc2cccc(NC(=O)CC)c2)c1. The third kappa shape index (κ3) is 6.47. The first kappa shape index (κ1) is 19.3. The summed E-state index contributed by atoms with van der Waals surface area (Å²) in [5, 5.41) is 8.65. The minimum absolute atomic E-state index is 0.0692. The molecule has 2 amide bonds. The van der Waals surface area contributed by atoms with E-state index in [-0.39, 0.29) is 18.4 Å². The van der Waals surface area contributed by atoms with Crippen LogP contribution >= 0.6 is 0 Å². The Morgan fingerprint density at radius 2 is 1.54 bits per heavy atom. The number of hydrogen-bond donors (Lipinski definition) is 3. The normalized spacial score (nSPS) is 10.1. The molecular weight excluding hydrogens is 330 g/mol. The van der Waals surface area contributed by atoms with Crippen LogP contribution in [0.5, 0.6) is 5.75 Å². The molecule has 2 aromatic rings. The van der Waals surface area contributed by atoms with Crippen LogP contribution in [0, 0.1) is 0 Å². The minimum Gasteiger partial charge on any atom is -0.494 e. The summed E-state index contributed by atoms with van der Waals surface area (Å²) in [6, 6.07) is 14.6. The number of nitrogens with one attached hydrogen (secondary N) is 3. The second-order valence-corrected chi connectivity index (χ2v) is 5.76. The average molecular weight is 355 g/mol. The molecule has 0 aromatic heterocycles. The summed E-state index contributed by atoms with van der Waals surface area (Å²) >= 11 is 0. The minimum atomic E-state index is -0.177. The average Bonchev–Trinajstić information content (AvgIpc) is 2.65. The van der Waals surface area contributed by atoms with Crippen LogP contribution in [-0.2, 0) is 9.59 Å². The van der Waals surface area contributed by atoms with E-state index < -0.39 is 0 Å². The standard InChI is InChI=1S/C20H25N3O3/c1-3-11-26-18-10-6-7-15(13-18)21-14-20(25)23-17-9-5-8-16(12-17)22-19(24)4-2/h5-10,12-13,21H,3-4,11,14H2,1-2H3,(H,22,24)(H,23,25). The molecule has 0 bridgehead atoms. The van der Waals surface area contributed by atoms with Crippen molar-refractivity contribution >= 4 is 28.9 Å². The van der Waals surface area contributed by atoms with E-state index in [9.17, 15) is 9.59 Å². The zero-order valence-corrected chi connectivity index (χ0v) is 15.2. The summed E-state index contributed by atoms with van der Waals surface area (Å²) in [5.41, 5.74) is 2.10. The lowest BCUT2D eigenvalue weighted by Crippen LogP contribution is -2.21. The Kier molecular flexibility index (Phi) is 7.49. The highest BCUT2D eigenvalue weighted by molar-refractivity contribution is 5.95. The van der Waals surface area contributed by atoms with Crippen LogP contribution < -0.4 is 20.7 Å². The number of benzene rings is 2. The van der Waals surface area contributed by atoms with Gasteiger partial charge in [0.05, 0.1) is 13.2 Å². The van der Waals surface area contributed by atoms with Gasteiger partial charge in [-0.15, -0.1) is 0 Å². The van der Waals surface area contributed by atoms with Crippen molar-refractivity contribution < 1.29 is 14.3 Å². The Bertz CT molecular complexity index is 747. The van der Waals surface area contributed by atoms with Gasteiger partial charge < -0.3 is 20.7 Å². The van der Waals surface area contributed by atoms with Crippen molar-refractivity contribution in [2.45, 2.75) is 26.7 Å². The maximum absolute atomic E-state index is 12.1. The van der Waals surface area contributed by atoms with Crippen LogP contribution in [0.2, 0.25) is 0 Å². The molecular formula is C20H25N3O3. The highest BCUT2D eigenvalue weighted by Gasteiger charge is 2.05. The van der Waals surface area contributed by atoms with Crippen molar-refractivity contribution in [3.05, 3.63) is 48.5 Å². The number of anilines is 3. The van der Waals surface area contributed by atoms with Gasteiger partial charge in [0.15, 0.2) is 0 Å². The molecule has 2 rings (SSSR count). The Balaban J connectivity index is 1.87. The van der Waals surface area contributed by atoms with E-state index in [1.807, 2.05) is 24.3 Å². The van der Waals surface area contributed by atoms with Crippen LogP contribution in [-0.4, -0.2) is 25.0 Å². The van der Waals surface area contributed by atoms with Gasteiger partial charge in [-0.1, -0.05) is 26.0 Å². The topological polar surface area (TPSA) is 79.5 Å². The molecule has 0 unspecified atom stereocenters. The van der Waals surface area contributed by atoms with E-state index in [0.29, 0.717) is 24.4 Å². The Morgan fingerprint density at radius 3 is 2.23 bits per heavy atom. The molecule has 0 aliphatic heterocycles. The van der Waals surface area contributed by atoms with Gasteiger partial charge in [-0.3, -0.25) is 9.59 Å². The van der Waals surface area contributed by atoms with E-state index >= 15 is 0 Å². The second-order valence-electron chi connectivity index (χ2n) is 5.76. The summed E-state index contributed by atoms with van der Waals surface area (Å²) in [6.45, 7) is 4.63. The zero-order chi connectivity index (χ0) is 18.8. The van der Waals surface area contributed by atoms with Crippen molar-refractivity contribution in [1.82, 2.24) is 0 Å². The van der Waals surface area contributed by atoms with E-state index in [2.05, 4.69) is 22.9 Å². The van der Waals surface area contributed by atoms with Crippen LogP contribution in [0.15, 0.2) is 48.5 Å². The lowest BCUT2D eigenvalue weighted by atomic mass is 10.2. The predicted molar refractivity (Wildman–Crippen MR) is 105 cm³/mol. The van der Waals surface area contributed by atoms with Gasteiger partial charge in [0.2, 0.25) is 11.8 Å². The van der Waals surface area contributed by atoms with Gasteiger partial charge in [0.25, 0.3) is 0 Å². The van der Waals surface area contributed by atoms with E-state index in [1.165, 1.54) is 0 Å². The fraction of sp³-hybridized carbons (Fsp3) is 0.300. The molecule has 0 saturated heterocycles. The lowest BCUT2D eigenvalue weighted by Gasteiger charge is -2.11. The van der Waals surface area contributed by atoms with Gasteiger partial charge in [-0.25, -0.2) is 0 Å². The van der Waals surface area contributed by atoms with E-state index in [0.717, 1.165) is 17.9 Å². The first-order valence-corrected chi connectivity index (χ1v) is 8.77. The molecule has 0 aliphatic carbocycles. The van der Waals surface area contributed by atoms with Gasteiger partial charge in [0, 0.05) is 29.5 Å². The molecule has 0 heterocycles. The molecule has 0 saturated carbocycles. The van der Waals surface area contributed by atoms with Crippen LogP contribution in [0.4, 0.5) is 17.1 Å². The van der Waals surface area contributed by atoms with Crippen molar-refractivity contribution in [2.75, 3.05) is 29.1 Å². The number of carbonyl (C=O) groups excluding carboxylic acids is 2. The molecule has 0 aliphatic rings. The molecule has 138 valence electrons. The van der Waals surface area contributed by atoms with Crippen LogP contribution in [0.3, 0.4) is 0 Å².